The summed E-state index contributed by atoms with van der Waals surface area (Å²) in [6.07, 6.45) is -14.0. The van der Waals surface area contributed by atoms with Crippen LogP contribution in [-0.2, 0) is 29.5 Å². The Morgan fingerprint density at radius 2 is 0.786 bits per heavy atom. The molecule has 22 heteroatoms. The largest absolute Gasteiger partial charge is 1.00 e. The van der Waals surface area contributed by atoms with Crippen LogP contribution in [-0.4, -0.2) is 129 Å². The first kappa shape index (κ1) is 48.2. The summed E-state index contributed by atoms with van der Waals surface area (Å²) in [4.78, 5) is 0. The number of halogens is 11. The molecule has 0 aromatic carbocycles. The first-order chi connectivity index (χ1) is 18.1. The summed E-state index contributed by atoms with van der Waals surface area (Å²) in [7, 11) is -7.19. The number of ether oxygens (including phenoxy) is 2. The molecular weight excluding hydrogens is 668 g/mol. The lowest BCUT2D eigenvalue weighted by Gasteiger charge is -2.31. The van der Waals surface area contributed by atoms with Gasteiger partial charge in [0.2, 0.25) is 0 Å². The Labute approximate surface area is 247 Å². The zero-order valence-electron chi connectivity index (χ0n) is 24.4. The molecule has 0 saturated heterocycles. The first-order valence-corrected chi connectivity index (χ1v) is 14.7. The lowest BCUT2D eigenvalue weighted by Crippen LogP contribution is -3.00. The van der Waals surface area contributed by atoms with E-state index in [1.54, 1.807) is 14.2 Å². The van der Waals surface area contributed by atoms with Crippen LogP contribution in [0.2, 0.25) is 0 Å². The third kappa shape index (κ3) is 14.4. The lowest BCUT2D eigenvalue weighted by molar-refractivity contribution is -0.906. The van der Waals surface area contributed by atoms with Gasteiger partial charge in [0.1, 0.15) is 13.1 Å². The van der Waals surface area contributed by atoms with Crippen LogP contribution in [0.4, 0.5) is 43.9 Å². The molecule has 0 N–H and O–H groups in total. The van der Waals surface area contributed by atoms with Crippen LogP contribution in [0.15, 0.2) is 0 Å². The number of quaternary nitrogens is 2. The minimum absolute atomic E-state index is 0. The minimum atomic E-state index is -7.62. The quantitative estimate of drug-likeness (QED) is 0.201. The monoisotopic (exact) mass is 707 g/mol. The summed E-state index contributed by atoms with van der Waals surface area (Å²) in [6.45, 7) is 17.7. The average Bonchev–Trinajstić information content (AvgIpc) is 2.84. The number of nitrogens with zero attached hydrogens (tertiary/aromatic N) is 3. The smallest absolute Gasteiger partial charge is 0.467 e. The second-order valence-corrected chi connectivity index (χ2v) is 12.5. The van der Waals surface area contributed by atoms with Crippen molar-refractivity contribution in [3.8, 4) is 0 Å². The van der Waals surface area contributed by atoms with Gasteiger partial charge in [-0.15, -0.1) is 0 Å². The molecule has 0 rings (SSSR count). The molecule has 0 atom stereocenters. The van der Waals surface area contributed by atoms with E-state index in [-0.39, 0.29) is 12.4 Å². The van der Waals surface area contributed by atoms with Crippen molar-refractivity contribution in [2.75, 3.05) is 80.8 Å². The van der Waals surface area contributed by atoms with Gasteiger partial charge in [-0.1, -0.05) is 0 Å². The van der Waals surface area contributed by atoms with Gasteiger partial charge in [0.25, 0.3) is 0 Å². The fourth-order valence-electron chi connectivity index (χ4n) is 2.22. The van der Waals surface area contributed by atoms with Crippen LogP contribution in [0.3, 0.4) is 0 Å². The second kappa shape index (κ2) is 18.3. The third-order valence-corrected chi connectivity index (χ3v) is 9.56. The summed E-state index contributed by atoms with van der Waals surface area (Å²) < 4.78 is 173. The zero-order chi connectivity index (χ0) is 33.8. The van der Waals surface area contributed by atoms with E-state index >= 15 is 0 Å². The molecule has 0 aromatic heterocycles. The van der Waals surface area contributed by atoms with E-state index < -0.39 is 42.9 Å². The fraction of sp³-hybridized carbons (Fsp3) is 1.00. The van der Waals surface area contributed by atoms with Crippen molar-refractivity contribution in [2.45, 2.75) is 50.6 Å². The number of likely N-dealkylation sites (N-methyl/N-ethyl adjacent to an activating group) is 2. The molecule has 0 fully saturated rings. The molecule has 0 aromatic rings. The van der Waals surface area contributed by atoms with Gasteiger partial charge < -0.3 is 35.0 Å². The van der Waals surface area contributed by atoms with E-state index in [0.717, 1.165) is 35.3 Å². The van der Waals surface area contributed by atoms with Gasteiger partial charge in [-0.05, 0) is 27.7 Å². The van der Waals surface area contributed by atoms with Crippen molar-refractivity contribution in [3.05, 3.63) is 4.13 Å². The summed E-state index contributed by atoms with van der Waals surface area (Å²) >= 11 is 0. The maximum atomic E-state index is 12.3. The standard InChI is InChI=1S/2C8H20NO.C4F10NO4S2.ClH/c2*1-5-9(3,6-2)7-8-10-4;5-1(6,7)3(11,12)20(16,17)15-21(18,19)4(13,14)2(8,9)10;/h2*5-8H2,1-4H3;;1H/q2*+1;-1;/p-1. The van der Waals surface area contributed by atoms with Gasteiger partial charge in [-0.3, -0.25) is 0 Å². The van der Waals surface area contributed by atoms with Gasteiger partial charge in [0.15, 0.2) is 20.0 Å². The molecule has 0 heterocycles. The third-order valence-electron chi connectivity index (χ3n) is 6.23. The number of sulfonamides is 2. The van der Waals surface area contributed by atoms with Crippen molar-refractivity contribution in [1.29, 1.82) is 0 Å². The molecule has 0 bridgehead atoms. The van der Waals surface area contributed by atoms with E-state index in [1.165, 1.54) is 26.2 Å². The summed E-state index contributed by atoms with van der Waals surface area (Å²) in [5, 5.41) is -14.0. The summed E-state index contributed by atoms with van der Waals surface area (Å²) in [5.74, 6) is 0. The summed E-state index contributed by atoms with van der Waals surface area (Å²) in [5.41, 5.74) is 0. The molecular formula is C20H40ClF10N3O6S2. The number of alkyl halides is 10. The van der Waals surface area contributed by atoms with Gasteiger partial charge in [0.05, 0.1) is 53.5 Å². The number of hydrogen-bond donors (Lipinski definition) is 0. The predicted molar refractivity (Wildman–Crippen MR) is 131 cm³/mol. The topological polar surface area (TPSA) is 101 Å². The molecule has 42 heavy (non-hydrogen) atoms. The van der Waals surface area contributed by atoms with E-state index in [2.05, 4.69) is 41.8 Å². The Morgan fingerprint density at radius 3 is 0.929 bits per heavy atom. The molecule has 0 aliphatic heterocycles. The molecule has 0 radical (unpaired) electrons. The number of hydrogen-bond acceptors (Lipinski definition) is 6. The van der Waals surface area contributed by atoms with Crippen LogP contribution >= 0.6 is 0 Å². The van der Waals surface area contributed by atoms with E-state index in [4.69, 9.17) is 9.47 Å². The average molecular weight is 708 g/mol. The van der Waals surface area contributed by atoms with E-state index in [0.29, 0.717) is 4.13 Å². The van der Waals surface area contributed by atoms with E-state index in [9.17, 15) is 60.7 Å². The van der Waals surface area contributed by atoms with Crippen molar-refractivity contribution < 1.29 is 91.6 Å². The highest BCUT2D eigenvalue weighted by Gasteiger charge is 2.68. The molecule has 0 amide bonds. The SMILES string of the molecule is CC[N+](C)(CC)CCOC.CC[N+](C)(CC)CCOC.O=S(=O)([N-]S(=O)(=O)C(F)(F)C(F)(F)F)C(F)(F)C(F)(F)F.[Cl-]. The van der Waals surface area contributed by atoms with Crippen LogP contribution in [0.1, 0.15) is 27.7 Å². The maximum absolute atomic E-state index is 12.3. The van der Waals surface area contributed by atoms with Crippen molar-refractivity contribution in [2.24, 2.45) is 0 Å². The van der Waals surface area contributed by atoms with Gasteiger partial charge >= 0.3 is 22.9 Å². The molecule has 260 valence electrons. The highest BCUT2D eigenvalue weighted by Crippen LogP contribution is 2.47. The molecule has 0 saturated carbocycles. The molecule has 0 aliphatic carbocycles. The van der Waals surface area contributed by atoms with Gasteiger partial charge in [-0.2, -0.15) is 43.9 Å². The number of methoxy groups -OCH3 is 2. The number of rotatable bonds is 14. The normalized spacial score (nSPS) is 13.8. The Hall–Kier alpha value is -0.710. The molecule has 0 spiro atoms. The van der Waals surface area contributed by atoms with Crippen molar-refractivity contribution in [3.63, 3.8) is 0 Å². The Balaban J connectivity index is -0.000000288. The predicted octanol–water partition coefficient (Wildman–Crippen LogP) is 1.57. The zero-order valence-corrected chi connectivity index (χ0v) is 26.8. The molecule has 0 aliphatic rings. The Bertz CT molecular complexity index is 883. The van der Waals surface area contributed by atoms with Crippen LogP contribution in [0.5, 0.6) is 0 Å². The fourth-order valence-corrected chi connectivity index (χ4v) is 4.59. The molecule has 0 unspecified atom stereocenters. The van der Waals surface area contributed by atoms with Crippen LogP contribution < -0.4 is 12.4 Å². The van der Waals surface area contributed by atoms with Crippen molar-refractivity contribution in [1.82, 2.24) is 0 Å². The Kier molecular flexibility index (Phi) is 21.0. The Morgan fingerprint density at radius 1 is 0.571 bits per heavy atom. The van der Waals surface area contributed by atoms with Gasteiger partial charge in [0, 0.05) is 14.2 Å². The van der Waals surface area contributed by atoms with Crippen LogP contribution in [0, 0.1) is 0 Å². The molecule has 9 nitrogen and oxygen atoms in total. The minimum Gasteiger partial charge on any atom is -1.00 e. The van der Waals surface area contributed by atoms with Gasteiger partial charge in [-0.25, -0.2) is 16.8 Å². The van der Waals surface area contributed by atoms with Crippen LogP contribution in [0.25, 0.3) is 4.13 Å². The second-order valence-electron chi connectivity index (χ2n) is 8.99. The lowest BCUT2D eigenvalue weighted by atomic mass is 10.4. The first-order valence-electron chi connectivity index (χ1n) is 11.8. The van der Waals surface area contributed by atoms with Crippen molar-refractivity contribution >= 4 is 20.0 Å². The van der Waals surface area contributed by atoms with E-state index in [1.807, 2.05) is 0 Å². The summed E-state index contributed by atoms with van der Waals surface area (Å²) in [6, 6.07) is 0. The maximum Gasteiger partial charge on any atom is 0.467 e. The highest BCUT2D eigenvalue weighted by molar-refractivity contribution is 8.13. The highest BCUT2D eigenvalue weighted by atomic mass is 35.5.